The number of pyridine rings is 1. The molecule has 2 aromatic rings. The van der Waals surface area contributed by atoms with Gasteiger partial charge in [-0.25, -0.2) is 4.79 Å². The SMILES string of the molecule is Cn1nc(C(=O)O)cc1NCc1cc(Cl)ccn1. The Bertz CT molecular complexity index is 582. The first-order valence-corrected chi connectivity index (χ1v) is 5.55. The van der Waals surface area contributed by atoms with Gasteiger partial charge < -0.3 is 10.4 Å². The Morgan fingerprint density at radius 2 is 2.33 bits per heavy atom. The van der Waals surface area contributed by atoms with Crippen molar-refractivity contribution in [3.63, 3.8) is 0 Å². The molecule has 2 N–H and O–H groups in total. The fourth-order valence-corrected chi connectivity index (χ4v) is 1.65. The van der Waals surface area contributed by atoms with Crippen molar-refractivity contribution in [3.8, 4) is 0 Å². The van der Waals surface area contributed by atoms with Gasteiger partial charge in [-0.3, -0.25) is 9.67 Å². The highest BCUT2D eigenvalue weighted by molar-refractivity contribution is 6.30. The molecule has 6 nitrogen and oxygen atoms in total. The molecule has 94 valence electrons. The van der Waals surface area contributed by atoms with Crippen LogP contribution in [-0.2, 0) is 13.6 Å². The van der Waals surface area contributed by atoms with E-state index in [-0.39, 0.29) is 5.69 Å². The number of nitrogens with one attached hydrogen (secondary N) is 1. The quantitative estimate of drug-likeness (QED) is 0.882. The van der Waals surface area contributed by atoms with Crippen molar-refractivity contribution in [2.45, 2.75) is 6.54 Å². The van der Waals surface area contributed by atoms with Gasteiger partial charge in [0.1, 0.15) is 5.82 Å². The lowest BCUT2D eigenvalue weighted by Crippen LogP contribution is -2.05. The molecule has 0 amide bonds. The van der Waals surface area contributed by atoms with E-state index in [0.717, 1.165) is 5.69 Å². The van der Waals surface area contributed by atoms with E-state index in [1.807, 2.05) is 0 Å². The molecular formula is C11H11ClN4O2. The second-order valence-corrected chi connectivity index (χ2v) is 4.10. The Morgan fingerprint density at radius 1 is 1.56 bits per heavy atom. The van der Waals surface area contributed by atoms with Crippen LogP contribution in [0.5, 0.6) is 0 Å². The third-order valence-corrected chi connectivity index (χ3v) is 2.56. The number of aryl methyl sites for hydroxylation is 1. The maximum atomic E-state index is 10.8. The van der Waals surface area contributed by atoms with Crippen LogP contribution in [0, 0.1) is 0 Å². The summed E-state index contributed by atoms with van der Waals surface area (Å²) in [6.07, 6.45) is 1.62. The van der Waals surface area contributed by atoms with Gasteiger partial charge in [0.25, 0.3) is 0 Å². The van der Waals surface area contributed by atoms with Gasteiger partial charge in [0.05, 0.1) is 12.2 Å². The highest BCUT2D eigenvalue weighted by Gasteiger charge is 2.10. The number of rotatable bonds is 4. The molecule has 0 aromatic carbocycles. The first-order chi connectivity index (χ1) is 8.56. The van der Waals surface area contributed by atoms with Crippen LogP contribution in [0.1, 0.15) is 16.2 Å². The third-order valence-electron chi connectivity index (χ3n) is 2.33. The van der Waals surface area contributed by atoms with Gasteiger partial charge in [0.15, 0.2) is 5.69 Å². The van der Waals surface area contributed by atoms with Crippen LogP contribution >= 0.6 is 11.6 Å². The number of nitrogens with zero attached hydrogens (tertiary/aromatic N) is 3. The topological polar surface area (TPSA) is 80.0 Å². The van der Waals surface area contributed by atoms with Crippen molar-refractivity contribution >= 4 is 23.4 Å². The molecule has 2 heterocycles. The van der Waals surface area contributed by atoms with Crippen LogP contribution in [0.3, 0.4) is 0 Å². The summed E-state index contributed by atoms with van der Waals surface area (Å²) in [5.74, 6) is -0.450. The molecule has 0 aliphatic rings. The van der Waals surface area contributed by atoms with E-state index in [9.17, 15) is 4.79 Å². The van der Waals surface area contributed by atoms with E-state index in [2.05, 4.69) is 15.4 Å². The van der Waals surface area contributed by atoms with Gasteiger partial charge in [0.2, 0.25) is 0 Å². The molecule has 0 unspecified atom stereocenters. The summed E-state index contributed by atoms with van der Waals surface area (Å²) in [6, 6.07) is 4.90. The highest BCUT2D eigenvalue weighted by Crippen LogP contribution is 2.12. The van der Waals surface area contributed by atoms with Gasteiger partial charge in [-0.2, -0.15) is 5.10 Å². The summed E-state index contributed by atoms with van der Waals surface area (Å²) >= 11 is 5.84. The maximum Gasteiger partial charge on any atom is 0.356 e. The van der Waals surface area contributed by atoms with E-state index in [0.29, 0.717) is 17.4 Å². The number of carbonyl (C=O) groups is 1. The van der Waals surface area contributed by atoms with E-state index < -0.39 is 5.97 Å². The predicted molar refractivity (Wildman–Crippen MR) is 66.7 cm³/mol. The molecule has 18 heavy (non-hydrogen) atoms. The summed E-state index contributed by atoms with van der Waals surface area (Å²) in [5.41, 5.74) is 0.764. The number of aromatic nitrogens is 3. The van der Waals surface area contributed by atoms with Gasteiger partial charge in [-0.05, 0) is 12.1 Å². The van der Waals surface area contributed by atoms with Crippen LogP contribution in [0.15, 0.2) is 24.4 Å². The Morgan fingerprint density at radius 3 is 2.94 bits per heavy atom. The lowest BCUT2D eigenvalue weighted by atomic mass is 10.3. The lowest BCUT2D eigenvalue weighted by Gasteiger charge is -2.05. The van der Waals surface area contributed by atoms with E-state index in [1.54, 1.807) is 25.4 Å². The van der Waals surface area contributed by atoms with E-state index >= 15 is 0 Å². The predicted octanol–water partition coefficient (Wildman–Crippen LogP) is 1.78. The molecule has 0 aliphatic heterocycles. The van der Waals surface area contributed by atoms with Crippen LogP contribution < -0.4 is 5.32 Å². The summed E-state index contributed by atoms with van der Waals surface area (Å²) in [5, 5.41) is 16.3. The summed E-state index contributed by atoms with van der Waals surface area (Å²) in [4.78, 5) is 14.9. The Hall–Kier alpha value is -2.08. The number of aromatic carboxylic acids is 1. The average Bonchev–Trinajstić information content (AvgIpc) is 2.68. The minimum absolute atomic E-state index is 0.000877. The molecule has 0 spiro atoms. The van der Waals surface area contributed by atoms with Crippen molar-refractivity contribution in [1.82, 2.24) is 14.8 Å². The Kier molecular flexibility index (Phi) is 3.47. The molecule has 0 bridgehead atoms. The molecule has 0 fully saturated rings. The van der Waals surface area contributed by atoms with E-state index in [4.69, 9.17) is 16.7 Å². The smallest absolute Gasteiger partial charge is 0.356 e. The molecule has 7 heteroatoms. The molecule has 2 rings (SSSR count). The number of hydrogen-bond donors (Lipinski definition) is 2. The van der Waals surface area contributed by atoms with Crippen LogP contribution in [0.2, 0.25) is 5.02 Å². The van der Waals surface area contributed by atoms with Gasteiger partial charge >= 0.3 is 5.97 Å². The maximum absolute atomic E-state index is 10.8. The Labute approximate surface area is 108 Å². The van der Waals surface area contributed by atoms with Gasteiger partial charge in [0, 0.05) is 24.3 Å². The highest BCUT2D eigenvalue weighted by atomic mass is 35.5. The first-order valence-electron chi connectivity index (χ1n) is 5.18. The zero-order valence-electron chi connectivity index (χ0n) is 9.59. The van der Waals surface area contributed by atoms with Gasteiger partial charge in [-0.1, -0.05) is 11.6 Å². The van der Waals surface area contributed by atoms with Crippen molar-refractivity contribution in [2.24, 2.45) is 7.05 Å². The number of halogens is 1. The molecular weight excluding hydrogens is 256 g/mol. The second kappa shape index (κ2) is 5.05. The molecule has 0 saturated heterocycles. The van der Waals surface area contributed by atoms with Crippen molar-refractivity contribution in [2.75, 3.05) is 5.32 Å². The van der Waals surface area contributed by atoms with Crippen LogP contribution in [0.25, 0.3) is 0 Å². The van der Waals surface area contributed by atoms with Crippen molar-refractivity contribution in [1.29, 1.82) is 0 Å². The standard InChI is InChI=1S/C11H11ClN4O2/c1-16-10(5-9(15-16)11(17)18)14-6-8-4-7(12)2-3-13-8/h2-5,14H,6H2,1H3,(H,17,18). The summed E-state index contributed by atoms with van der Waals surface area (Å²) in [7, 11) is 1.67. The van der Waals surface area contributed by atoms with Crippen molar-refractivity contribution < 1.29 is 9.90 Å². The number of carboxylic acid groups (broad SMARTS) is 1. The monoisotopic (exact) mass is 266 g/mol. The van der Waals surface area contributed by atoms with Gasteiger partial charge in [-0.15, -0.1) is 0 Å². The minimum atomic E-state index is -1.06. The number of anilines is 1. The van der Waals surface area contributed by atoms with Crippen LogP contribution in [-0.4, -0.2) is 25.8 Å². The third kappa shape index (κ3) is 2.78. The lowest BCUT2D eigenvalue weighted by molar-refractivity contribution is 0.0689. The molecule has 0 saturated carbocycles. The van der Waals surface area contributed by atoms with Crippen LogP contribution in [0.4, 0.5) is 5.82 Å². The zero-order valence-corrected chi connectivity index (χ0v) is 10.3. The molecule has 2 aromatic heterocycles. The zero-order chi connectivity index (χ0) is 13.1. The fraction of sp³-hybridized carbons (Fsp3) is 0.182. The molecule has 0 atom stereocenters. The second-order valence-electron chi connectivity index (χ2n) is 3.66. The molecule has 0 radical (unpaired) electrons. The number of hydrogen-bond acceptors (Lipinski definition) is 4. The first kappa shape index (κ1) is 12.4. The number of carboxylic acids is 1. The molecule has 0 aliphatic carbocycles. The normalized spacial score (nSPS) is 10.3. The fourth-order valence-electron chi connectivity index (χ4n) is 1.46. The summed E-state index contributed by atoms with van der Waals surface area (Å²) in [6.45, 7) is 0.444. The van der Waals surface area contributed by atoms with Crippen molar-refractivity contribution in [3.05, 3.63) is 40.8 Å². The Balaban J connectivity index is 2.08. The van der Waals surface area contributed by atoms with E-state index in [1.165, 1.54) is 10.7 Å². The largest absolute Gasteiger partial charge is 0.476 e. The minimum Gasteiger partial charge on any atom is -0.476 e. The average molecular weight is 267 g/mol. The summed E-state index contributed by atoms with van der Waals surface area (Å²) < 4.78 is 1.47.